The van der Waals surface area contributed by atoms with Crippen LogP contribution in [-0.4, -0.2) is 31.6 Å². The molecule has 3 aromatic rings. The largest absolute Gasteiger partial charge is 0.497 e. The van der Waals surface area contributed by atoms with E-state index >= 15 is 0 Å². The van der Waals surface area contributed by atoms with E-state index in [1.165, 1.54) is 11.0 Å². The smallest absolute Gasteiger partial charge is 0.260 e. The van der Waals surface area contributed by atoms with E-state index < -0.39 is 11.6 Å². The van der Waals surface area contributed by atoms with Crippen molar-refractivity contribution < 1.29 is 23.0 Å². The van der Waals surface area contributed by atoms with E-state index in [0.717, 1.165) is 34.2 Å². The van der Waals surface area contributed by atoms with Gasteiger partial charge in [-0.25, -0.2) is 8.78 Å². The number of likely N-dealkylation sites (N-methyl/N-ethyl adjacent to an activating group) is 1. The first-order valence-electron chi connectivity index (χ1n) is 8.35. The molecule has 0 aliphatic rings. The van der Waals surface area contributed by atoms with Crippen LogP contribution in [0.3, 0.4) is 0 Å². The standard InChI is InChI=1S/C21H19F2NO3/c1-24(21(25)13-27-18-7-8-19(22)20(23)11-18)12-14-3-4-16-10-17(26-2)6-5-15(16)9-14/h3-11H,12-13H2,1-2H3. The molecule has 0 fully saturated rings. The highest BCUT2D eigenvalue weighted by Gasteiger charge is 2.12. The zero-order valence-electron chi connectivity index (χ0n) is 15.0. The van der Waals surface area contributed by atoms with Crippen molar-refractivity contribution in [3.05, 3.63) is 71.8 Å². The van der Waals surface area contributed by atoms with Crippen LogP contribution in [0, 0.1) is 11.6 Å². The van der Waals surface area contributed by atoms with Crippen LogP contribution < -0.4 is 9.47 Å². The maximum atomic E-state index is 13.2. The molecule has 0 spiro atoms. The summed E-state index contributed by atoms with van der Waals surface area (Å²) < 4.78 is 36.5. The van der Waals surface area contributed by atoms with Crippen molar-refractivity contribution in [1.82, 2.24) is 4.90 Å². The first-order chi connectivity index (χ1) is 13.0. The van der Waals surface area contributed by atoms with Gasteiger partial charge in [-0.1, -0.05) is 18.2 Å². The number of carbonyl (C=O) groups excluding carboxylic acids is 1. The maximum absolute atomic E-state index is 13.2. The molecule has 0 heterocycles. The highest BCUT2D eigenvalue weighted by atomic mass is 19.2. The number of fused-ring (bicyclic) bond motifs is 1. The number of methoxy groups -OCH3 is 1. The highest BCUT2D eigenvalue weighted by Crippen LogP contribution is 2.22. The second kappa shape index (κ2) is 8.03. The van der Waals surface area contributed by atoms with Crippen molar-refractivity contribution in [3.63, 3.8) is 0 Å². The molecule has 0 radical (unpaired) electrons. The summed E-state index contributed by atoms with van der Waals surface area (Å²) in [5.41, 5.74) is 0.969. The number of halogens is 2. The van der Waals surface area contributed by atoms with E-state index in [0.29, 0.717) is 6.54 Å². The van der Waals surface area contributed by atoms with Crippen molar-refractivity contribution in [2.24, 2.45) is 0 Å². The monoisotopic (exact) mass is 371 g/mol. The Hall–Kier alpha value is -3.15. The molecule has 3 aromatic carbocycles. The molecule has 0 aromatic heterocycles. The van der Waals surface area contributed by atoms with Crippen molar-refractivity contribution in [1.29, 1.82) is 0 Å². The molecule has 0 atom stereocenters. The fourth-order valence-corrected chi connectivity index (χ4v) is 2.68. The van der Waals surface area contributed by atoms with Crippen LogP contribution in [0.25, 0.3) is 10.8 Å². The predicted octanol–water partition coefficient (Wildman–Crippen LogP) is 4.16. The highest BCUT2D eigenvalue weighted by molar-refractivity contribution is 5.84. The van der Waals surface area contributed by atoms with Gasteiger partial charge >= 0.3 is 0 Å². The van der Waals surface area contributed by atoms with Crippen molar-refractivity contribution in [3.8, 4) is 11.5 Å². The molecule has 0 bridgehead atoms. The minimum absolute atomic E-state index is 0.107. The van der Waals surface area contributed by atoms with Gasteiger partial charge in [-0.15, -0.1) is 0 Å². The molecular weight excluding hydrogens is 352 g/mol. The lowest BCUT2D eigenvalue weighted by molar-refractivity contribution is -0.132. The van der Waals surface area contributed by atoms with Gasteiger partial charge in [0.05, 0.1) is 7.11 Å². The Kier molecular flexibility index (Phi) is 5.54. The van der Waals surface area contributed by atoms with Gasteiger partial charge in [0.15, 0.2) is 18.2 Å². The van der Waals surface area contributed by atoms with E-state index in [9.17, 15) is 13.6 Å². The molecule has 3 rings (SSSR count). The third-order valence-electron chi connectivity index (χ3n) is 4.21. The molecule has 0 N–H and O–H groups in total. The fraction of sp³-hybridized carbons (Fsp3) is 0.190. The van der Waals surface area contributed by atoms with E-state index in [1.54, 1.807) is 14.2 Å². The van der Waals surface area contributed by atoms with Gasteiger partial charge in [-0.2, -0.15) is 0 Å². The number of carbonyl (C=O) groups is 1. The molecule has 0 aliphatic carbocycles. The Morgan fingerprint density at radius 2 is 1.63 bits per heavy atom. The second-order valence-corrected chi connectivity index (χ2v) is 6.16. The molecular formula is C21H19F2NO3. The number of benzene rings is 3. The molecule has 27 heavy (non-hydrogen) atoms. The van der Waals surface area contributed by atoms with Gasteiger partial charge in [0.1, 0.15) is 11.5 Å². The topological polar surface area (TPSA) is 38.8 Å². The SMILES string of the molecule is COc1ccc2cc(CN(C)C(=O)COc3ccc(F)c(F)c3)ccc2c1. The molecule has 0 aliphatic heterocycles. The van der Waals surface area contributed by atoms with Gasteiger partial charge < -0.3 is 14.4 Å². The summed E-state index contributed by atoms with van der Waals surface area (Å²) in [7, 11) is 3.29. The lowest BCUT2D eigenvalue weighted by Gasteiger charge is -2.18. The molecule has 0 unspecified atom stereocenters. The van der Waals surface area contributed by atoms with Crippen LogP contribution in [0.2, 0.25) is 0 Å². The molecule has 140 valence electrons. The minimum atomic E-state index is -1.01. The van der Waals surface area contributed by atoms with Crippen LogP contribution in [0.1, 0.15) is 5.56 Å². The summed E-state index contributed by atoms with van der Waals surface area (Å²) in [6, 6.07) is 14.9. The van der Waals surface area contributed by atoms with Crippen LogP contribution in [0.5, 0.6) is 11.5 Å². The van der Waals surface area contributed by atoms with Crippen molar-refractivity contribution in [2.75, 3.05) is 20.8 Å². The average Bonchev–Trinajstić information content (AvgIpc) is 2.68. The van der Waals surface area contributed by atoms with E-state index in [1.807, 2.05) is 36.4 Å². The lowest BCUT2D eigenvalue weighted by Crippen LogP contribution is -2.30. The summed E-state index contributed by atoms with van der Waals surface area (Å²) in [5.74, 6) is -1.34. The third-order valence-corrected chi connectivity index (χ3v) is 4.21. The van der Waals surface area contributed by atoms with Crippen molar-refractivity contribution >= 4 is 16.7 Å². The van der Waals surface area contributed by atoms with Crippen LogP contribution in [-0.2, 0) is 11.3 Å². The summed E-state index contributed by atoms with van der Waals surface area (Å²) in [6.07, 6.45) is 0. The zero-order chi connectivity index (χ0) is 19.4. The Morgan fingerprint density at radius 3 is 2.37 bits per heavy atom. The number of rotatable bonds is 6. The molecule has 0 saturated carbocycles. The summed E-state index contributed by atoms with van der Waals surface area (Å²) in [5, 5.41) is 2.10. The number of hydrogen-bond donors (Lipinski definition) is 0. The summed E-state index contributed by atoms with van der Waals surface area (Å²) in [4.78, 5) is 13.8. The Labute approximate surface area is 155 Å². The number of nitrogens with zero attached hydrogens (tertiary/aromatic N) is 1. The Bertz CT molecular complexity index is 975. The fourth-order valence-electron chi connectivity index (χ4n) is 2.68. The van der Waals surface area contributed by atoms with Gasteiger partial charge in [0.25, 0.3) is 5.91 Å². The quantitative estimate of drug-likeness (QED) is 0.653. The first-order valence-corrected chi connectivity index (χ1v) is 8.35. The van der Waals surface area contributed by atoms with Crippen molar-refractivity contribution in [2.45, 2.75) is 6.54 Å². The average molecular weight is 371 g/mol. The summed E-state index contributed by atoms with van der Waals surface area (Å²) in [6.45, 7) is 0.147. The zero-order valence-corrected chi connectivity index (χ0v) is 15.0. The van der Waals surface area contributed by atoms with E-state index in [4.69, 9.17) is 9.47 Å². The van der Waals surface area contributed by atoms with Gasteiger partial charge in [0, 0.05) is 19.7 Å². The molecule has 6 heteroatoms. The third kappa shape index (κ3) is 4.53. The number of hydrogen-bond acceptors (Lipinski definition) is 3. The Morgan fingerprint density at radius 1 is 0.926 bits per heavy atom. The van der Waals surface area contributed by atoms with E-state index in [2.05, 4.69) is 0 Å². The predicted molar refractivity (Wildman–Crippen MR) is 98.8 cm³/mol. The number of ether oxygens (including phenoxy) is 2. The summed E-state index contributed by atoms with van der Waals surface area (Å²) >= 11 is 0. The maximum Gasteiger partial charge on any atom is 0.260 e. The van der Waals surface area contributed by atoms with Crippen LogP contribution in [0.4, 0.5) is 8.78 Å². The van der Waals surface area contributed by atoms with Crippen LogP contribution >= 0.6 is 0 Å². The first kappa shape index (κ1) is 18.6. The second-order valence-electron chi connectivity index (χ2n) is 6.16. The van der Waals surface area contributed by atoms with Crippen LogP contribution in [0.15, 0.2) is 54.6 Å². The van der Waals surface area contributed by atoms with E-state index in [-0.39, 0.29) is 18.3 Å². The minimum Gasteiger partial charge on any atom is -0.497 e. The van der Waals surface area contributed by atoms with Gasteiger partial charge in [-0.05, 0) is 46.7 Å². The number of amides is 1. The molecule has 4 nitrogen and oxygen atoms in total. The molecule has 1 amide bonds. The lowest BCUT2D eigenvalue weighted by atomic mass is 10.1. The normalized spacial score (nSPS) is 10.7. The van der Waals surface area contributed by atoms with Gasteiger partial charge in [0.2, 0.25) is 0 Å². The van der Waals surface area contributed by atoms with Gasteiger partial charge in [-0.3, -0.25) is 4.79 Å². The molecule has 0 saturated heterocycles. The Balaban J connectivity index is 1.61.